The Labute approximate surface area is 119 Å². The van der Waals surface area contributed by atoms with E-state index in [0.717, 1.165) is 17.9 Å². The first-order valence-corrected chi connectivity index (χ1v) is 7.84. The minimum atomic E-state index is -3.63. The fourth-order valence-electron chi connectivity index (χ4n) is 1.67. The highest BCUT2D eigenvalue weighted by atomic mass is 32.2. The molecule has 6 heteroatoms. The lowest BCUT2D eigenvalue weighted by atomic mass is 9.95. The number of hydrogen-bond acceptors (Lipinski definition) is 5. The summed E-state index contributed by atoms with van der Waals surface area (Å²) in [5.41, 5.74) is 0.913. The molecule has 2 atom stereocenters. The van der Waals surface area contributed by atoms with E-state index in [-0.39, 0.29) is 5.92 Å². The van der Waals surface area contributed by atoms with Crippen molar-refractivity contribution in [2.45, 2.75) is 18.9 Å². The van der Waals surface area contributed by atoms with Gasteiger partial charge in [0.1, 0.15) is 6.10 Å². The Bertz CT molecular complexity index is 562. The minimum Gasteiger partial charge on any atom is -0.466 e. The van der Waals surface area contributed by atoms with Crippen molar-refractivity contribution in [2.75, 3.05) is 13.4 Å². The number of rotatable bonds is 6. The number of hydrogen-bond donors (Lipinski definition) is 0. The summed E-state index contributed by atoms with van der Waals surface area (Å²) in [7, 11) is -2.38. The molecule has 0 unspecified atom stereocenters. The maximum Gasteiger partial charge on any atom is 0.330 e. The van der Waals surface area contributed by atoms with Crippen molar-refractivity contribution in [3.8, 4) is 0 Å². The SMILES string of the molecule is COC(=O)/C=C/[C@H](OS(C)(=O)=O)[C@@H](C)c1ccccc1. The highest BCUT2D eigenvalue weighted by molar-refractivity contribution is 7.86. The van der Waals surface area contributed by atoms with Crippen molar-refractivity contribution in [3.05, 3.63) is 48.0 Å². The summed E-state index contributed by atoms with van der Waals surface area (Å²) in [6.45, 7) is 1.83. The molecule has 0 heterocycles. The molecule has 0 aliphatic rings. The van der Waals surface area contributed by atoms with Crippen LogP contribution in [-0.4, -0.2) is 33.9 Å². The van der Waals surface area contributed by atoms with E-state index in [0.29, 0.717) is 0 Å². The van der Waals surface area contributed by atoms with Crippen LogP contribution in [0.1, 0.15) is 18.4 Å². The van der Waals surface area contributed by atoms with Gasteiger partial charge < -0.3 is 4.74 Å². The molecule has 0 radical (unpaired) electrons. The molecule has 0 aliphatic carbocycles. The molecule has 0 bridgehead atoms. The molecule has 1 aromatic carbocycles. The summed E-state index contributed by atoms with van der Waals surface area (Å²) in [6.07, 6.45) is 2.76. The number of ether oxygens (including phenoxy) is 1. The highest BCUT2D eigenvalue weighted by Gasteiger charge is 2.21. The second-order valence-corrected chi connectivity index (χ2v) is 5.95. The lowest BCUT2D eigenvalue weighted by molar-refractivity contribution is -0.134. The Balaban J connectivity index is 2.98. The van der Waals surface area contributed by atoms with Crippen LogP contribution in [0.5, 0.6) is 0 Å². The topological polar surface area (TPSA) is 69.7 Å². The Morgan fingerprint density at radius 2 is 1.85 bits per heavy atom. The molecule has 0 saturated heterocycles. The molecule has 0 N–H and O–H groups in total. The molecule has 0 saturated carbocycles. The number of esters is 1. The summed E-state index contributed by atoms with van der Waals surface area (Å²) >= 11 is 0. The van der Waals surface area contributed by atoms with Gasteiger partial charge in [-0.05, 0) is 11.6 Å². The van der Waals surface area contributed by atoms with Gasteiger partial charge in [-0.3, -0.25) is 4.18 Å². The zero-order chi connectivity index (χ0) is 15.2. The molecule has 0 amide bonds. The Kier molecular flexibility index (Phi) is 5.91. The third-order valence-electron chi connectivity index (χ3n) is 2.73. The van der Waals surface area contributed by atoms with Gasteiger partial charge in [-0.2, -0.15) is 8.42 Å². The van der Waals surface area contributed by atoms with Crippen LogP contribution in [0.15, 0.2) is 42.5 Å². The maximum atomic E-state index is 11.3. The molecule has 1 rings (SSSR count). The van der Waals surface area contributed by atoms with Crippen LogP contribution >= 0.6 is 0 Å². The second-order valence-electron chi connectivity index (χ2n) is 4.35. The average Bonchev–Trinajstić information content (AvgIpc) is 2.42. The third kappa shape index (κ3) is 5.54. The monoisotopic (exact) mass is 298 g/mol. The lowest BCUT2D eigenvalue weighted by Gasteiger charge is -2.20. The van der Waals surface area contributed by atoms with E-state index in [1.54, 1.807) is 0 Å². The molecule has 0 fully saturated rings. The van der Waals surface area contributed by atoms with Gasteiger partial charge in [0.05, 0.1) is 13.4 Å². The normalized spacial score (nSPS) is 14.9. The van der Waals surface area contributed by atoms with Gasteiger partial charge in [-0.25, -0.2) is 4.79 Å². The van der Waals surface area contributed by atoms with Gasteiger partial charge in [0.25, 0.3) is 10.1 Å². The van der Waals surface area contributed by atoms with Crippen LogP contribution in [0, 0.1) is 0 Å². The van der Waals surface area contributed by atoms with Crippen LogP contribution < -0.4 is 0 Å². The Morgan fingerprint density at radius 1 is 1.25 bits per heavy atom. The molecule has 20 heavy (non-hydrogen) atoms. The predicted molar refractivity (Wildman–Crippen MR) is 75.7 cm³/mol. The number of benzene rings is 1. The van der Waals surface area contributed by atoms with Gasteiger partial charge >= 0.3 is 5.97 Å². The molecule has 0 spiro atoms. The fourth-order valence-corrected chi connectivity index (χ4v) is 2.31. The smallest absolute Gasteiger partial charge is 0.330 e. The van der Waals surface area contributed by atoms with Gasteiger partial charge in [0.15, 0.2) is 0 Å². The summed E-state index contributed by atoms with van der Waals surface area (Å²) < 4.78 is 32.2. The standard InChI is InChI=1S/C14H18O5S/c1-11(12-7-5-4-6-8-12)13(19-20(3,16)17)9-10-14(15)18-2/h4-11,13H,1-3H3/b10-9+/t11-,13-/m0/s1. The van der Waals surface area contributed by atoms with Gasteiger partial charge in [-0.1, -0.05) is 37.3 Å². The van der Waals surface area contributed by atoms with Gasteiger partial charge in [0, 0.05) is 12.0 Å². The van der Waals surface area contributed by atoms with Gasteiger partial charge in [-0.15, -0.1) is 0 Å². The van der Waals surface area contributed by atoms with Crippen molar-refractivity contribution in [2.24, 2.45) is 0 Å². The summed E-state index contributed by atoms with van der Waals surface area (Å²) in [5, 5.41) is 0. The van der Waals surface area contributed by atoms with E-state index in [4.69, 9.17) is 4.18 Å². The largest absolute Gasteiger partial charge is 0.466 e. The maximum absolute atomic E-state index is 11.3. The van der Waals surface area contributed by atoms with E-state index in [1.165, 1.54) is 13.2 Å². The van der Waals surface area contributed by atoms with Crippen molar-refractivity contribution < 1.29 is 22.1 Å². The molecule has 0 aliphatic heterocycles. The summed E-state index contributed by atoms with van der Waals surface area (Å²) in [4.78, 5) is 11.1. The second kappa shape index (κ2) is 7.21. The quantitative estimate of drug-likeness (QED) is 0.455. The van der Waals surface area contributed by atoms with Crippen molar-refractivity contribution in [3.63, 3.8) is 0 Å². The van der Waals surface area contributed by atoms with Gasteiger partial charge in [0.2, 0.25) is 0 Å². The van der Waals surface area contributed by atoms with E-state index in [9.17, 15) is 13.2 Å². The fraction of sp³-hybridized carbons (Fsp3) is 0.357. The van der Waals surface area contributed by atoms with Crippen molar-refractivity contribution >= 4 is 16.1 Å². The van der Waals surface area contributed by atoms with Crippen LogP contribution in [0.25, 0.3) is 0 Å². The minimum absolute atomic E-state index is 0.230. The predicted octanol–water partition coefficient (Wildman–Crippen LogP) is 1.86. The van der Waals surface area contributed by atoms with E-state index >= 15 is 0 Å². The van der Waals surface area contributed by atoms with Crippen LogP contribution in [-0.2, 0) is 23.8 Å². The number of carbonyl (C=O) groups excluding carboxylic acids is 1. The Morgan fingerprint density at radius 3 is 2.35 bits per heavy atom. The first kappa shape index (κ1) is 16.4. The first-order valence-electron chi connectivity index (χ1n) is 6.03. The lowest BCUT2D eigenvalue weighted by Crippen LogP contribution is -2.22. The molecular formula is C14H18O5S. The van der Waals surface area contributed by atoms with Crippen molar-refractivity contribution in [1.29, 1.82) is 0 Å². The zero-order valence-electron chi connectivity index (χ0n) is 11.6. The molecule has 5 nitrogen and oxygen atoms in total. The summed E-state index contributed by atoms with van der Waals surface area (Å²) in [5.74, 6) is -0.792. The molecule has 1 aromatic rings. The van der Waals surface area contributed by atoms with Crippen LogP contribution in [0.4, 0.5) is 0 Å². The highest BCUT2D eigenvalue weighted by Crippen LogP contribution is 2.23. The Hall–Kier alpha value is -1.66. The number of methoxy groups -OCH3 is 1. The summed E-state index contributed by atoms with van der Waals surface area (Å²) in [6, 6.07) is 9.32. The van der Waals surface area contributed by atoms with Crippen molar-refractivity contribution in [1.82, 2.24) is 0 Å². The van der Waals surface area contributed by atoms with Crippen LogP contribution in [0.3, 0.4) is 0 Å². The third-order valence-corrected chi connectivity index (χ3v) is 3.30. The zero-order valence-corrected chi connectivity index (χ0v) is 12.5. The molecule has 0 aromatic heterocycles. The van der Waals surface area contributed by atoms with E-state index in [1.807, 2.05) is 37.3 Å². The molecular weight excluding hydrogens is 280 g/mol. The molecule has 110 valence electrons. The van der Waals surface area contributed by atoms with E-state index in [2.05, 4.69) is 4.74 Å². The average molecular weight is 298 g/mol. The van der Waals surface area contributed by atoms with Crippen LogP contribution in [0.2, 0.25) is 0 Å². The van der Waals surface area contributed by atoms with E-state index < -0.39 is 22.2 Å². The first-order chi connectivity index (χ1) is 9.33. The number of carbonyl (C=O) groups is 1.